The van der Waals surface area contributed by atoms with Crippen molar-refractivity contribution in [2.75, 3.05) is 22.1 Å². The van der Waals surface area contributed by atoms with E-state index in [4.69, 9.17) is 0 Å². The molecule has 8 nitrogen and oxygen atoms in total. The molecule has 0 radical (unpaired) electrons. The van der Waals surface area contributed by atoms with E-state index in [0.29, 0.717) is 37.1 Å². The molecule has 0 unspecified atom stereocenters. The number of anilines is 4. The number of fused-ring (bicyclic) bond motifs is 1. The molecule has 31 heavy (non-hydrogen) atoms. The fraction of sp³-hybridized carbons (Fsp3) is 0.238. The Kier molecular flexibility index (Phi) is 5.87. The third-order valence-corrected chi connectivity index (χ3v) is 4.70. The van der Waals surface area contributed by atoms with E-state index in [9.17, 15) is 13.6 Å². The average molecular weight is 426 g/mol. The molecule has 3 aromatic rings. The van der Waals surface area contributed by atoms with Crippen LogP contribution in [-0.4, -0.2) is 34.0 Å². The zero-order chi connectivity index (χ0) is 21.8. The number of benzene rings is 2. The summed E-state index contributed by atoms with van der Waals surface area (Å²) in [5, 5.41) is 5.84. The van der Waals surface area contributed by atoms with E-state index in [0.717, 1.165) is 16.8 Å². The van der Waals surface area contributed by atoms with Crippen LogP contribution in [0.2, 0.25) is 0 Å². The van der Waals surface area contributed by atoms with Crippen molar-refractivity contribution < 1.29 is 18.3 Å². The highest BCUT2D eigenvalue weighted by Crippen LogP contribution is 2.27. The number of nitrogens with zero attached hydrogens (tertiary/aromatic N) is 4. The van der Waals surface area contributed by atoms with Crippen molar-refractivity contribution in [3.63, 3.8) is 0 Å². The maximum Gasteiger partial charge on any atom is 0.387 e. The van der Waals surface area contributed by atoms with Gasteiger partial charge in [0.2, 0.25) is 17.8 Å². The Labute approximate surface area is 177 Å². The number of hydrogen-bond donors (Lipinski definition) is 2. The van der Waals surface area contributed by atoms with Gasteiger partial charge in [-0.25, -0.2) is 9.97 Å². The third-order valence-electron chi connectivity index (χ3n) is 4.70. The lowest BCUT2D eigenvalue weighted by Gasteiger charge is -2.29. The summed E-state index contributed by atoms with van der Waals surface area (Å²) in [6.45, 7) is -0.214. The second-order valence-corrected chi connectivity index (χ2v) is 6.98. The highest BCUT2D eigenvalue weighted by molar-refractivity contribution is 5.89. The minimum Gasteiger partial charge on any atom is -0.435 e. The molecule has 2 heterocycles. The van der Waals surface area contributed by atoms with Gasteiger partial charge in [0.25, 0.3) is 0 Å². The first-order valence-corrected chi connectivity index (χ1v) is 9.61. The quantitative estimate of drug-likeness (QED) is 0.620. The second kappa shape index (κ2) is 8.90. The zero-order valence-corrected chi connectivity index (χ0v) is 16.7. The van der Waals surface area contributed by atoms with E-state index in [1.165, 1.54) is 19.3 Å². The lowest BCUT2D eigenvalue weighted by atomic mass is 10.00. The number of carbonyl (C=O) groups excluding carboxylic acids is 1. The highest BCUT2D eigenvalue weighted by Gasteiger charge is 2.20. The van der Waals surface area contributed by atoms with Gasteiger partial charge in [-0.15, -0.1) is 0 Å². The van der Waals surface area contributed by atoms with Crippen molar-refractivity contribution in [3.05, 3.63) is 59.9 Å². The third kappa shape index (κ3) is 5.21. The minimum absolute atomic E-state index is 0.155. The summed E-state index contributed by atoms with van der Waals surface area (Å²) in [5.74, 6) is 0.888. The van der Waals surface area contributed by atoms with Crippen LogP contribution in [0.25, 0.3) is 0 Å². The fourth-order valence-electron chi connectivity index (χ4n) is 3.38. The van der Waals surface area contributed by atoms with E-state index < -0.39 is 6.61 Å². The number of ether oxygens (including phenoxy) is 1. The van der Waals surface area contributed by atoms with Crippen LogP contribution in [0, 0.1) is 0 Å². The van der Waals surface area contributed by atoms with Gasteiger partial charge >= 0.3 is 6.61 Å². The predicted octanol–water partition coefficient (Wildman–Crippen LogP) is 3.74. The number of amides is 1. The van der Waals surface area contributed by atoms with Crippen molar-refractivity contribution in [1.29, 1.82) is 0 Å². The van der Waals surface area contributed by atoms with Crippen LogP contribution in [-0.2, 0) is 17.8 Å². The summed E-state index contributed by atoms with van der Waals surface area (Å²) < 4.78 is 29.3. The molecule has 2 N–H and O–H groups in total. The lowest BCUT2D eigenvalue weighted by Crippen LogP contribution is -2.32. The van der Waals surface area contributed by atoms with Crippen molar-refractivity contribution in [1.82, 2.24) is 15.0 Å². The van der Waals surface area contributed by atoms with Gasteiger partial charge in [0.05, 0.1) is 0 Å². The molecular weight excluding hydrogens is 406 g/mol. The smallest absolute Gasteiger partial charge is 0.387 e. The Morgan fingerprint density at radius 3 is 2.77 bits per heavy atom. The molecule has 0 saturated carbocycles. The minimum atomic E-state index is -2.84. The maximum absolute atomic E-state index is 12.4. The van der Waals surface area contributed by atoms with Gasteiger partial charge in [-0.1, -0.05) is 12.1 Å². The van der Waals surface area contributed by atoms with Crippen LogP contribution in [0.1, 0.15) is 18.1 Å². The van der Waals surface area contributed by atoms with Gasteiger partial charge in [-0.2, -0.15) is 13.8 Å². The van der Waals surface area contributed by atoms with Crippen molar-refractivity contribution >= 4 is 29.2 Å². The van der Waals surface area contributed by atoms with Gasteiger partial charge in [0.15, 0.2) is 0 Å². The van der Waals surface area contributed by atoms with E-state index in [1.54, 1.807) is 24.3 Å². The van der Waals surface area contributed by atoms with Gasteiger partial charge in [0.1, 0.15) is 12.1 Å². The van der Waals surface area contributed by atoms with Gasteiger partial charge in [0, 0.05) is 31.4 Å². The average Bonchev–Trinajstić information content (AvgIpc) is 2.73. The summed E-state index contributed by atoms with van der Waals surface area (Å²) in [6.07, 6.45) is 2.08. The fourth-order valence-corrected chi connectivity index (χ4v) is 3.38. The molecule has 1 amide bonds. The lowest BCUT2D eigenvalue weighted by molar-refractivity contribution is -0.114. The number of halogens is 2. The number of aromatic nitrogens is 3. The van der Waals surface area contributed by atoms with Crippen LogP contribution in [0.3, 0.4) is 0 Å². The Bertz CT molecular complexity index is 1090. The molecule has 1 aromatic heterocycles. The number of nitrogens with one attached hydrogen (secondary N) is 2. The summed E-state index contributed by atoms with van der Waals surface area (Å²) in [7, 11) is 0. The highest BCUT2D eigenvalue weighted by atomic mass is 19.3. The molecule has 0 saturated heterocycles. The molecule has 4 rings (SSSR count). The molecule has 1 aliphatic rings. The van der Waals surface area contributed by atoms with E-state index in [-0.39, 0.29) is 11.7 Å². The summed E-state index contributed by atoms with van der Waals surface area (Å²) >= 11 is 0. The molecule has 0 fully saturated rings. The Balaban J connectivity index is 1.47. The Hall–Kier alpha value is -3.82. The molecule has 0 atom stereocenters. The molecular formula is C21H20F2N6O2. The monoisotopic (exact) mass is 426 g/mol. The van der Waals surface area contributed by atoms with E-state index in [2.05, 4.69) is 30.3 Å². The van der Waals surface area contributed by atoms with Crippen LogP contribution in [0.5, 0.6) is 5.75 Å². The van der Waals surface area contributed by atoms with Crippen LogP contribution < -0.4 is 20.3 Å². The first kappa shape index (κ1) is 20.5. The maximum atomic E-state index is 12.4. The van der Waals surface area contributed by atoms with Gasteiger partial charge < -0.3 is 20.3 Å². The number of carbonyl (C=O) groups is 1. The van der Waals surface area contributed by atoms with E-state index >= 15 is 0 Å². The zero-order valence-electron chi connectivity index (χ0n) is 16.7. The van der Waals surface area contributed by atoms with Crippen LogP contribution >= 0.6 is 0 Å². The Morgan fingerprint density at radius 2 is 1.97 bits per heavy atom. The van der Waals surface area contributed by atoms with Crippen molar-refractivity contribution in [2.24, 2.45) is 0 Å². The van der Waals surface area contributed by atoms with Crippen molar-refractivity contribution in [2.45, 2.75) is 26.5 Å². The number of hydrogen-bond acceptors (Lipinski definition) is 7. The van der Waals surface area contributed by atoms with Crippen LogP contribution in [0.4, 0.5) is 32.1 Å². The first-order valence-electron chi connectivity index (χ1n) is 9.61. The Morgan fingerprint density at radius 1 is 1.13 bits per heavy atom. The van der Waals surface area contributed by atoms with Crippen molar-refractivity contribution in [3.8, 4) is 5.75 Å². The van der Waals surface area contributed by atoms with E-state index in [1.807, 2.05) is 17.0 Å². The summed E-state index contributed by atoms with van der Waals surface area (Å²) in [4.78, 5) is 26.2. The molecule has 10 heteroatoms. The second-order valence-electron chi connectivity index (χ2n) is 6.98. The number of rotatable bonds is 6. The molecule has 0 bridgehead atoms. The molecule has 0 aliphatic carbocycles. The number of alkyl halides is 2. The van der Waals surface area contributed by atoms with Gasteiger partial charge in [-0.3, -0.25) is 4.79 Å². The SMILES string of the molecule is CC(=O)Nc1cccc(Nc2ncnc(N3CCc4cc(OC(F)F)ccc4C3)n2)c1. The molecule has 160 valence electrons. The normalized spacial score (nSPS) is 13.0. The molecule has 1 aliphatic heterocycles. The standard InChI is InChI=1S/C21H20F2N6O2/c1-13(30)26-16-3-2-4-17(10-16)27-20-24-12-25-21(28-20)29-8-7-14-9-18(31-19(22)23)6-5-15(14)11-29/h2-6,9-10,12,19H,7-8,11H2,1H3,(H,26,30)(H,24,25,27,28). The predicted molar refractivity (Wildman–Crippen MR) is 112 cm³/mol. The first-order chi connectivity index (χ1) is 15.0. The molecule has 2 aromatic carbocycles. The van der Waals surface area contributed by atoms with Crippen LogP contribution in [0.15, 0.2) is 48.8 Å². The largest absolute Gasteiger partial charge is 0.435 e. The topological polar surface area (TPSA) is 92.3 Å². The summed E-state index contributed by atoms with van der Waals surface area (Å²) in [5.41, 5.74) is 3.36. The molecule has 0 spiro atoms. The summed E-state index contributed by atoms with van der Waals surface area (Å²) in [6, 6.07) is 12.2. The van der Waals surface area contributed by atoms with Gasteiger partial charge in [-0.05, 0) is 47.9 Å².